The number of rotatable bonds is 0. The number of hydrogen-bond donors (Lipinski definition) is 1. The van der Waals surface area contributed by atoms with E-state index in [-0.39, 0.29) is 5.60 Å². The average Bonchev–Trinajstić information content (AvgIpc) is 1.92. The number of ether oxygens (including phenoxy) is 1. The van der Waals surface area contributed by atoms with E-state index in [1.165, 1.54) is 19.3 Å². The normalized spacial score (nSPS) is 42.0. The highest BCUT2D eigenvalue weighted by molar-refractivity contribution is 4.97. The predicted octanol–water partition coefficient (Wildman–Crippen LogP) is 1.31. The molecule has 64 valence electrons. The first-order valence-electron chi connectivity index (χ1n) is 4.63. The van der Waals surface area contributed by atoms with E-state index in [1.54, 1.807) is 0 Å². The van der Waals surface area contributed by atoms with Crippen LogP contribution in [-0.2, 0) is 4.74 Å². The van der Waals surface area contributed by atoms with Gasteiger partial charge in [0, 0.05) is 12.6 Å². The molecular formula is C9H17NO. The molecule has 2 unspecified atom stereocenters. The lowest BCUT2D eigenvalue weighted by molar-refractivity contribution is -0.164. The fourth-order valence-corrected chi connectivity index (χ4v) is 1.92. The number of hydrogen-bond acceptors (Lipinski definition) is 2. The summed E-state index contributed by atoms with van der Waals surface area (Å²) in [6, 6.07) is 0.529. The molecular weight excluding hydrogens is 138 g/mol. The largest absolute Gasteiger partial charge is 0.369 e. The molecule has 1 N–H and O–H groups in total. The van der Waals surface area contributed by atoms with Crippen molar-refractivity contribution in [3.05, 3.63) is 0 Å². The van der Waals surface area contributed by atoms with Crippen molar-refractivity contribution in [3.8, 4) is 0 Å². The minimum Gasteiger partial charge on any atom is -0.369 e. The fourth-order valence-electron chi connectivity index (χ4n) is 1.92. The summed E-state index contributed by atoms with van der Waals surface area (Å²) < 4.78 is 5.96. The SMILES string of the molecule is CC1NCC2(CCC2)OC1C. The molecule has 0 amide bonds. The van der Waals surface area contributed by atoms with Crippen molar-refractivity contribution in [2.45, 2.75) is 50.9 Å². The Balaban J connectivity index is 1.97. The van der Waals surface area contributed by atoms with Gasteiger partial charge in [0.05, 0.1) is 11.7 Å². The highest BCUT2D eigenvalue weighted by Gasteiger charge is 2.43. The van der Waals surface area contributed by atoms with Gasteiger partial charge in [-0.1, -0.05) is 0 Å². The molecule has 2 nitrogen and oxygen atoms in total. The predicted molar refractivity (Wildman–Crippen MR) is 44.6 cm³/mol. The Morgan fingerprint density at radius 3 is 2.55 bits per heavy atom. The molecule has 2 aliphatic rings. The summed E-state index contributed by atoms with van der Waals surface area (Å²) in [6.45, 7) is 5.42. The van der Waals surface area contributed by atoms with Gasteiger partial charge in [0.25, 0.3) is 0 Å². The Bertz CT molecular complexity index is 154. The van der Waals surface area contributed by atoms with Gasteiger partial charge in [-0.2, -0.15) is 0 Å². The van der Waals surface area contributed by atoms with E-state index in [2.05, 4.69) is 19.2 Å². The lowest BCUT2D eigenvalue weighted by atomic mass is 9.78. The summed E-state index contributed by atoms with van der Waals surface area (Å²) in [5.41, 5.74) is 0.242. The molecule has 2 rings (SSSR count). The van der Waals surface area contributed by atoms with Gasteiger partial charge in [0.15, 0.2) is 0 Å². The Morgan fingerprint density at radius 1 is 1.36 bits per heavy atom. The van der Waals surface area contributed by atoms with Gasteiger partial charge in [-0.3, -0.25) is 0 Å². The maximum atomic E-state index is 5.96. The Hall–Kier alpha value is -0.0800. The third kappa shape index (κ3) is 1.18. The lowest BCUT2D eigenvalue weighted by Gasteiger charge is -2.49. The van der Waals surface area contributed by atoms with Crippen molar-refractivity contribution >= 4 is 0 Å². The molecule has 0 aromatic rings. The van der Waals surface area contributed by atoms with Gasteiger partial charge < -0.3 is 10.1 Å². The minimum absolute atomic E-state index is 0.242. The third-order valence-corrected chi connectivity index (χ3v) is 3.15. The van der Waals surface area contributed by atoms with E-state index in [4.69, 9.17) is 4.74 Å². The summed E-state index contributed by atoms with van der Waals surface area (Å²) in [5.74, 6) is 0. The van der Waals surface area contributed by atoms with Crippen LogP contribution in [0.1, 0.15) is 33.1 Å². The summed E-state index contributed by atoms with van der Waals surface area (Å²) in [4.78, 5) is 0. The molecule has 1 saturated carbocycles. The van der Waals surface area contributed by atoms with Gasteiger partial charge in [0.2, 0.25) is 0 Å². The van der Waals surface area contributed by atoms with Gasteiger partial charge in [-0.25, -0.2) is 0 Å². The van der Waals surface area contributed by atoms with Crippen LogP contribution in [0.2, 0.25) is 0 Å². The van der Waals surface area contributed by atoms with Crippen LogP contribution in [0.3, 0.4) is 0 Å². The highest BCUT2D eigenvalue weighted by atomic mass is 16.5. The second-order valence-electron chi connectivity index (χ2n) is 4.03. The summed E-state index contributed by atoms with van der Waals surface area (Å²) in [5, 5.41) is 3.50. The van der Waals surface area contributed by atoms with E-state index in [9.17, 15) is 0 Å². The second kappa shape index (κ2) is 2.46. The van der Waals surface area contributed by atoms with Crippen LogP contribution in [0.25, 0.3) is 0 Å². The summed E-state index contributed by atoms with van der Waals surface area (Å²) >= 11 is 0. The van der Waals surface area contributed by atoms with E-state index in [0.29, 0.717) is 12.1 Å². The van der Waals surface area contributed by atoms with Crippen LogP contribution in [0.4, 0.5) is 0 Å². The fraction of sp³-hybridized carbons (Fsp3) is 1.00. The molecule has 1 spiro atoms. The van der Waals surface area contributed by atoms with Gasteiger partial charge in [-0.05, 0) is 33.1 Å². The second-order valence-corrected chi connectivity index (χ2v) is 4.03. The number of nitrogens with one attached hydrogen (secondary N) is 1. The van der Waals surface area contributed by atoms with Gasteiger partial charge in [0.1, 0.15) is 0 Å². The van der Waals surface area contributed by atoms with Crippen molar-refractivity contribution in [1.29, 1.82) is 0 Å². The quantitative estimate of drug-likeness (QED) is 0.569. The molecule has 0 bridgehead atoms. The van der Waals surface area contributed by atoms with Gasteiger partial charge >= 0.3 is 0 Å². The van der Waals surface area contributed by atoms with Crippen LogP contribution < -0.4 is 5.32 Å². The molecule has 2 heteroatoms. The molecule has 2 atom stereocenters. The lowest BCUT2D eigenvalue weighted by Crippen LogP contribution is -2.60. The van der Waals surface area contributed by atoms with E-state index in [1.807, 2.05) is 0 Å². The van der Waals surface area contributed by atoms with Crippen LogP contribution in [-0.4, -0.2) is 24.3 Å². The maximum Gasteiger partial charge on any atom is 0.0810 e. The highest BCUT2D eigenvalue weighted by Crippen LogP contribution is 2.38. The average molecular weight is 155 g/mol. The number of morpholine rings is 1. The van der Waals surface area contributed by atoms with Gasteiger partial charge in [-0.15, -0.1) is 0 Å². The molecule has 11 heavy (non-hydrogen) atoms. The standard InChI is InChI=1S/C9H17NO/c1-7-8(2)11-9(6-10-7)4-3-5-9/h7-8,10H,3-6H2,1-2H3. The molecule has 0 aromatic carbocycles. The summed E-state index contributed by atoms with van der Waals surface area (Å²) in [6.07, 6.45) is 4.26. The molecule has 1 aliphatic carbocycles. The van der Waals surface area contributed by atoms with E-state index < -0.39 is 0 Å². The van der Waals surface area contributed by atoms with Crippen molar-refractivity contribution in [2.24, 2.45) is 0 Å². The molecule has 1 aliphatic heterocycles. The first-order valence-corrected chi connectivity index (χ1v) is 4.63. The molecule has 1 saturated heterocycles. The topological polar surface area (TPSA) is 21.3 Å². The summed E-state index contributed by atoms with van der Waals surface area (Å²) in [7, 11) is 0. The van der Waals surface area contributed by atoms with Crippen LogP contribution >= 0.6 is 0 Å². The van der Waals surface area contributed by atoms with Crippen LogP contribution in [0, 0.1) is 0 Å². The monoisotopic (exact) mass is 155 g/mol. The molecule has 0 radical (unpaired) electrons. The maximum absolute atomic E-state index is 5.96. The van der Waals surface area contributed by atoms with E-state index in [0.717, 1.165) is 6.54 Å². The molecule has 1 heterocycles. The van der Waals surface area contributed by atoms with Crippen molar-refractivity contribution < 1.29 is 4.74 Å². The zero-order valence-electron chi connectivity index (χ0n) is 7.39. The third-order valence-electron chi connectivity index (χ3n) is 3.15. The zero-order valence-corrected chi connectivity index (χ0v) is 7.39. The smallest absolute Gasteiger partial charge is 0.0810 e. The van der Waals surface area contributed by atoms with Crippen LogP contribution in [0.5, 0.6) is 0 Å². The first kappa shape index (κ1) is 7.56. The molecule has 0 aromatic heterocycles. The van der Waals surface area contributed by atoms with Crippen molar-refractivity contribution in [1.82, 2.24) is 5.32 Å². The zero-order chi connectivity index (χ0) is 7.90. The Kier molecular flexibility index (Phi) is 1.69. The minimum atomic E-state index is 0.242. The Labute approximate surface area is 68.3 Å². The van der Waals surface area contributed by atoms with Crippen molar-refractivity contribution in [3.63, 3.8) is 0 Å². The Morgan fingerprint density at radius 2 is 2.09 bits per heavy atom. The first-order chi connectivity index (χ1) is 5.22. The van der Waals surface area contributed by atoms with E-state index >= 15 is 0 Å². The molecule has 2 fully saturated rings. The van der Waals surface area contributed by atoms with Crippen LogP contribution in [0.15, 0.2) is 0 Å². The van der Waals surface area contributed by atoms with Crippen molar-refractivity contribution in [2.75, 3.05) is 6.54 Å².